The average Bonchev–Trinajstić information content (AvgIpc) is 2.99. The maximum absolute atomic E-state index is 11.9. The van der Waals surface area contributed by atoms with E-state index in [-0.39, 0.29) is 16.7 Å². The van der Waals surface area contributed by atoms with E-state index in [4.69, 9.17) is 0 Å². The van der Waals surface area contributed by atoms with Crippen molar-refractivity contribution in [1.82, 2.24) is 5.43 Å². The SMILES string of the molecule is CC(C)(C)c1cc(/C=N/NC(=O)Cc2cccs2)cc(C(C)(C)C)c1O. The van der Waals surface area contributed by atoms with Gasteiger partial charge >= 0.3 is 0 Å². The minimum Gasteiger partial charge on any atom is -0.507 e. The van der Waals surface area contributed by atoms with Crippen molar-refractivity contribution in [1.29, 1.82) is 0 Å². The molecule has 1 amide bonds. The first kappa shape index (κ1) is 20.2. The number of carbonyl (C=O) groups is 1. The predicted molar refractivity (Wildman–Crippen MR) is 109 cm³/mol. The molecular formula is C21H28N2O2S. The Hall–Kier alpha value is -2.14. The molecule has 1 aromatic carbocycles. The summed E-state index contributed by atoms with van der Waals surface area (Å²) in [6.45, 7) is 12.4. The van der Waals surface area contributed by atoms with E-state index in [9.17, 15) is 9.90 Å². The summed E-state index contributed by atoms with van der Waals surface area (Å²) in [6.07, 6.45) is 1.96. The van der Waals surface area contributed by atoms with E-state index in [0.29, 0.717) is 12.2 Å². The van der Waals surface area contributed by atoms with Gasteiger partial charge in [-0.05, 0) is 40.0 Å². The van der Waals surface area contributed by atoms with Gasteiger partial charge in [0.2, 0.25) is 5.91 Å². The minimum atomic E-state index is -0.198. The van der Waals surface area contributed by atoms with E-state index in [1.165, 1.54) is 0 Å². The van der Waals surface area contributed by atoms with Crippen LogP contribution in [-0.4, -0.2) is 17.2 Å². The number of phenolic OH excluding ortho intramolecular Hbond substituents is 1. The molecule has 2 aromatic rings. The average molecular weight is 373 g/mol. The smallest absolute Gasteiger partial charge is 0.245 e. The number of carbonyl (C=O) groups excluding carboxylic acids is 1. The first-order valence-corrected chi connectivity index (χ1v) is 9.58. The number of phenols is 1. The van der Waals surface area contributed by atoms with Crippen molar-refractivity contribution in [3.8, 4) is 5.75 Å². The van der Waals surface area contributed by atoms with Crippen LogP contribution in [0.2, 0.25) is 0 Å². The summed E-state index contributed by atoms with van der Waals surface area (Å²) in [5, 5.41) is 16.8. The zero-order valence-electron chi connectivity index (χ0n) is 16.4. The van der Waals surface area contributed by atoms with Gasteiger partial charge in [-0.2, -0.15) is 5.10 Å². The number of hydrogen-bond acceptors (Lipinski definition) is 4. The van der Waals surface area contributed by atoms with Crippen LogP contribution < -0.4 is 5.43 Å². The third kappa shape index (κ3) is 5.18. The lowest BCUT2D eigenvalue weighted by Gasteiger charge is -2.27. The Bertz CT molecular complexity index is 759. The van der Waals surface area contributed by atoms with Crippen LogP contribution in [0.5, 0.6) is 5.75 Å². The van der Waals surface area contributed by atoms with Gasteiger partial charge in [0.05, 0.1) is 12.6 Å². The van der Waals surface area contributed by atoms with Gasteiger partial charge < -0.3 is 5.11 Å². The van der Waals surface area contributed by atoms with Gasteiger partial charge in [0.1, 0.15) is 5.75 Å². The molecule has 0 aliphatic heterocycles. The zero-order chi connectivity index (χ0) is 19.5. The van der Waals surface area contributed by atoms with Gasteiger partial charge in [0.25, 0.3) is 0 Å². The van der Waals surface area contributed by atoms with Gasteiger partial charge in [-0.25, -0.2) is 5.43 Å². The molecule has 0 spiro atoms. The number of rotatable bonds is 4. The van der Waals surface area contributed by atoms with Crippen LogP contribution in [-0.2, 0) is 22.0 Å². The Balaban J connectivity index is 2.24. The predicted octanol–water partition coefficient (Wildman–Crippen LogP) is 4.74. The minimum absolute atomic E-state index is 0.144. The Morgan fingerprint density at radius 1 is 1.15 bits per heavy atom. The van der Waals surface area contributed by atoms with Crippen LogP contribution in [0.1, 0.15) is 63.1 Å². The monoisotopic (exact) mass is 372 g/mol. The molecular weight excluding hydrogens is 344 g/mol. The second-order valence-electron chi connectivity index (χ2n) is 8.51. The van der Waals surface area contributed by atoms with E-state index in [1.807, 2.05) is 29.6 Å². The molecule has 2 N–H and O–H groups in total. The molecule has 140 valence electrons. The molecule has 1 heterocycles. The number of thiophene rings is 1. The summed E-state index contributed by atoms with van der Waals surface area (Å²) in [7, 11) is 0. The summed E-state index contributed by atoms with van der Waals surface area (Å²) < 4.78 is 0. The molecule has 0 radical (unpaired) electrons. The van der Waals surface area contributed by atoms with Gasteiger partial charge in [-0.1, -0.05) is 47.6 Å². The fraction of sp³-hybridized carbons (Fsp3) is 0.429. The highest BCUT2D eigenvalue weighted by Crippen LogP contribution is 2.39. The molecule has 2 rings (SSSR count). The maximum atomic E-state index is 11.9. The number of benzene rings is 1. The maximum Gasteiger partial charge on any atom is 0.245 e. The molecule has 4 nitrogen and oxygen atoms in total. The van der Waals surface area contributed by atoms with Crippen molar-refractivity contribution in [2.45, 2.75) is 58.8 Å². The number of nitrogens with one attached hydrogen (secondary N) is 1. The summed E-state index contributed by atoms with van der Waals surface area (Å²) in [4.78, 5) is 13.0. The first-order chi connectivity index (χ1) is 12.0. The van der Waals surface area contributed by atoms with E-state index in [2.05, 4.69) is 52.1 Å². The van der Waals surface area contributed by atoms with Crippen molar-refractivity contribution in [3.63, 3.8) is 0 Å². The van der Waals surface area contributed by atoms with E-state index in [0.717, 1.165) is 21.6 Å². The van der Waals surface area contributed by atoms with Crippen LogP contribution >= 0.6 is 11.3 Å². The van der Waals surface area contributed by atoms with E-state index in [1.54, 1.807) is 17.6 Å². The summed E-state index contributed by atoms with van der Waals surface area (Å²) in [5.74, 6) is 0.193. The third-order valence-corrected chi connectivity index (χ3v) is 4.94. The van der Waals surface area contributed by atoms with Crippen molar-refractivity contribution in [3.05, 3.63) is 51.2 Å². The molecule has 0 aliphatic rings. The fourth-order valence-electron chi connectivity index (χ4n) is 2.66. The fourth-order valence-corrected chi connectivity index (χ4v) is 3.37. The zero-order valence-corrected chi connectivity index (χ0v) is 17.2. The molecule has 26 heavy (non-hydrogen) atoms. The molecule has 0 fully saturated rings. The van der Waals surface area contributed by atoms with Gasteiger partial charge in [0, 0.05) is 16.0 Å². The Morgan fingerprint density at radius 3 is 2.19 bits per heavy atom. The van der Waals surface area contributed by atoms with E-state index < -0.39 is 0 Å². The van der Waals surface area contributed by atoms with Crippen LogP contribution in [0.15, 0.2) is 34.7 Å². The van der Waals surface area contributed by atoms with Gasteiger partial charge in [0.15, 0.2) is 0 Å². The lowest BCUT2D eigenvalue weighted by Crippen LogP contribution is -2.20. The Labute approximate surface area is 160 Å². The van der Waals surface area contributed by atoms with E-state index >= 15 is 0 Å². The topological polar surface area (TPSA) is 61.7 Å². The standard InChI is InChI=1S/C21H28N2O2S/c1-20(2,3)16-10-14(11-17(19(16)25)21(4,5)6)13-22-23-18(24)12-15-8-7-9-26-15/h7-11,13,25H,12H2,1-6H3,(H,23,24)/b22-13+. The number of amides is 1. The highest BCUT2D eigenvalue weighted by atomic mass is 32.1. The normalized spacial score (nSPS) is 12.5. The van der Waals surface area contributed by atoms with Crippen molar-refractivity contribution in [2.24, 2.45) is 5.10 Å². The van der Waals surface area contributed by atoms with Crippen LogP contribution in [0.4, 0.5) is 0 Å². The molecule has 0 unspecified atom stereocenters. The van der Waals surface area contributed by atoms with Crippen LogP contribution in [0.3, 0.4) is 0 Å². The van der Waals surface area contributed by atoms with Crippen LogP contribution in [0.25, 0.3) is 0 Å². The third-order valence-electron chi connectivity index (χ3n) is 4.07. The molecule has 1 aromatic heterocycles. The Kier molecular flexibility index (Phi) is 5.91. The molecule has 0 saturated heterocycles. The highest BCUT2D eigenvalue weighted by molar-refractivity contribution is 7.10. The van der Waals surface area contributed by atoms with Gasteiger partial charge in [-0.3, -0.25) is 4.79 Å². The molecule has 5 heteroatoms. The van der Waals surface area contributed by atoms with Crippen molar-refractivity contribution in [2.75, 3.05) is 0 Å². The molecule has 0 bridgehead atoms. The second kappa shape index (κ2) is 7.62. The lowest BCUT2D eigenvalue weighted by atomic mass is 9.78. The quantitative estimate of drug-likeness (QED) is 0.601. The summed E-state index contributed by atoms with van der Waals surface area (Å²) in [6, 6.07) is 7.72. The van der Waals surface area contributed by atoms with Crippen LogP contribution in [0, 0.1) is 0 Å². The number of hydrazone groups is 1. The van der Waals surface area contributed by atoms with Crippen molar-refractivity contribution >= 4 is 23.5 Å². The van der Waals surface area contributed by atoms with Crippen molar-refractivity contribution < 1.29 is 9.90 Å². The largest absolute Gasteiger partial charge is 0.507 e. The molecule has 0 atom stereocenters. The number of hydrogen-bond donors (Lipinski definition) is 2. The molecule has 0 aliphatic carbocycles. The molecule has 0 saturated carbocycles. The summed E-state index contributed by atoms with van der Waals surface area (Å²) in [5.41, 5.74) is 4.78. The first-order valence-electron chi connectivity index (χ1n) is 8.71. The summed E-state index contributed by atoms with van der Waals surface area (Å²) >= 11 is 1.55. The number of nitrogens with zero attached hydrogens (tertiary/aromatic N) is 1. The second-order valence-corrected chi connectivity index (χ2v) is 9.55. The van der Waals surface area contributed by atoms with Gasteiger partial charge in [-0.15, -0.1) is 11.3 Å². The highest BCUT2D eigenvalue weighted by Gasteiger charge is 2.26. The Morgan fingerprint density at radius 2 is 1.73 bits per heavy atom. The lowest BCUT2D eigenvalue weighted by molar-refractivity contribution is -0.120. The number of aromatic hydroxyl groups is 1.